The van der Waals surface area contributed by atoms with Gasteiger partial charge in [0.05, 0.1) is 29.8 Å². The van der Waals surface area contributed by atoms with Gasteiger partial charge in [-0.2, -0.15) is 5.26 Å². The van der Waals surface area contributed by atoms with Gasteiger partial charge in [-0.25, -0.2) is 8.78 Å². The van der Waals surface area contributed by atoms with Crippen molar-refractivity contribution in [3.05, 3.63) is 69.2 Å². The van der Waals surface area contributed by atoms with Crippen LogP contribution in [-0.4, -0.2) is 59.2 Å². The number of hydrogen-bond acceptors (Lipinski definition) is 6. The van der Waals surface area contributed by atoms with E-state index < -0.39 is 59.1 Å². The van der Waals surface area contributed by atoms with Crippen LogP contribution < -0.4 is 10.6 Å². The minimum absolute atomic E-state index is 0.00356. The molecule has 1 aliphatic carbocycles. The molecular formula is C27H29Cl2F2N3O4. The van der Waals surface area contributed by atoms with Crippen LogP contribution in [0.2, 0.25) is 10.0 Å². The Hall–Kier alpha value is -2.32. The fourth-order valence-electron chi connectivity index (χ4n) is 5.54. The van der Waals surface area contributed by atoms with Gasteiger partial charge in [0.25, 0.3) is 0 Å². The second-order valence-electron chi connectivity index (χ2n) is 10.2. The van der Waals surface area contributed by atoms with Gasteiger partial charge in [-0.15, -0.1) is 0 Å². The van der Waals surface area contributed by atoms with E-state index in [1.165, 1.54) is 30.3 Å². The Morgan fingerprint density at radius 3 is 2.58 bits per heavy atom. The fourth-order valence-corrected chi connectivity index (χ4v) is 5.88. The van der Waals surface area contributed by atoms with Crippen LogP contribution in [0.4, 0.5) is 8.78 Å². The summed E-state index contributed by atoms with van der Waals surface area (Å²) in [6.45, 7) is -0.627. The number of aliphatic hydroxyl groups excluding tert-OH is 3. The molecule has 2 aromatic carbocycles. The number of nitriles is 1. The van der Waals surface area contributed by atoms with Crippen LogP contribution in [0, 0.1) is 28.4 Å². The van der Waals surface area contributed by atoms with E-state index in [2.05, 4.69) is 16.7 Å². The van der Waals surface area contributed by atoms with Gasteiger partial charge >= 0.3 is 0 Å². The number of aliphatic hydroxyl groups is 3. The van der Waals surface area contributed by atoms with Crippen molar-refractivity contribution in [3.8, 4) is 6.07 Å². The molecule has 5 atom stereocenters. The van der Waals surface area contributed by atoms with E-state index in [0.717, 1.165) is 6.07 Å². The van der Waals surface area contributed by atoms with Crippen molar-refractivity contribution in [2.75, 3.05) is 19.8 Å². The minimum Gasteiger partial charge on any atom is -0.396 e. The first-order chi connectivity index (χ1) is 18.1. The van der Waals surface area contributed by atoms with E-state index in [0.29, 0.717) is 12.8 Å². The molecule has 5 N–H and O–H groups in total. The second-order valence-corrected chi connectivity index (χ2v) is 11.0. The molecule has 0 radical (unpaired) electrons. The number of benzene rings is 2. The zero-order valence-corrected chi connectivity index (χ0v) is 21.9. The van der Waals surface area contributed by atoms with Crippen molar-refractivity contribution in [2.24, 2.45) is 5.41 Å². The Labute approximate surface area is 229 Å². The summed E-state index contributed by atoms with van der Waals surface area (Å²) >= 11 is 12.1. The van der Waals surface area contributed by atoms with Crippen molar-refractivity contribution < 1.29 is 28.9 Å². The maximum atomic E-state index is 15.6. The van der Waals surface area contributed by atoms with E-state index in [9.17, 15) is 20.3 Å². The highest BCUT2D eigenvalue weighted by molar-refractivity contribution is 6.31. The molecule has 7 nitrogen and oxygen atoms in total. The molecule has 204 valence electrons. The van der Waals surface area contributed by atoms with Crippen LogP contribution in [0.1, 0.15) is 42.7 Å². The molecule has 0 spiro atoms. The topological polar surface area (TPSA) is 126 Å². The SMILES string of the molecule is N#CC1(c2ccc(Cl)cc2F)C(CC2(CO)CC2)NC(C(=O)NCC[C@H](O)CO)C1c1cccc(Cl)c1F. The molecule has 1 saturated heterocycles. The Kier molecular flexibility index (Phi) is 8.62. The Balaban J connectivity index is 1.88. The Bertz CT molecular complexity index is 1240. The monoisotopic (exact) mass is 567 g/mol. The summed E-state index contributed by atoms with van der Waals surface area (Å²) in [5.74, 6) is -3.42. The van der Waals surface area contributed by atoms with Gasteiger partial charge in [-0.05, 0) is 54.9 Å². The van der Waals surface area contributed by atoms with Crippen LogP contribution in [0.25, 0.3) is 0 Å². The standard InChI is InChI=1S/C27H29Cl2F2N3O4/c28-15-4-5-18(20(30)10-15)27(13-32)21(11-26(14-36)7-8-26)34-24(25(38)33-9-6-16(37)12-35)22(27)17-2-1-3-19(29)23(17)31/h1-5,10,16,21-22,24,34-37H,6-9,11-12,14H2,(H,33,38)/t16-,21?,22?,24?,27?/m0/s1. The first-order valence-corrected chi connectivity index (χ1v) is 13.1. The highest BCUT2D eigenvalue weighted by Crippen LogP contribution is 2.57. The van der Waals surface area contributed by atoms with Gasteiger partial charge in [-0.1, -0.05) is 41.4 Å². The second kappa shape index (κ2) is 11.4. The maximum Gasteiger partial charge on any atom is 0.237 e. The molecule has 1 heterocycles. The van der Waals surface area contributed by atoms with Gasteiger partial charge in [0, 0.05) is 35.7 Å². The quantitative estimate of drug-likeness (QED) is 0.300. The minimum atomic E-state index is -1.78. The third kappa shape index (κ3) is 5.26. The third-order valence-electron chi connectivity index (χ3n) is 7.83. The summed E-state index contributed by atoms with van der Waals surface area (Å²) in [6, 6.07) is 8.35. The van der Waals surface area contributed by atoms with Crippen molar-refractivity contribution in [2.45, 2.75) is 55.2 Å². The van der Waals surface area contributed by atoms with Gasteiger partial charge in [0.15, 0.2) is 0 Å². The average molecular weight is 568 g/mol. The molecule has 11 heteroatoms. The fraction of sp³-hybridized carbons (Fsp3) is 0.481. The number of amides is 1. The maximum absolute atomic E-state index is 15.6. The molecule has 1 aliphatic heterocycles. The lowest BCUT2D eigenvalue weighted by molar-refractivity contribution is -0.123. The zero-order valence-electron chi connectivity index (χ0n) is 20.4. The van der Waals surface area contributed by atoms with Crippen LogP contribution in [-0.2, 0) is 10.2 Å². The summed E-state index contributed by atoms with van der Waals surface area (Å²) in [5, 5.41) is 45.3. The molecule has 4 unspecified atom stereocenters. The zero-order chi connectivity index (χ0) is 27.7. The van der Waals surface area contributed by atoms with Gasteiger partial charge in [-0.3, -0.25) is 4.79 Å². The van der Waals surface area contributed by atoms with Crippen molar-refractivity contribution in [3.63, 3.8) is 0 Å². The van der Waals surface area contributed by atoms with Gasteiger partial charge < -0.3 is 26.0 Å². The number of hydrogen-bond donors (Lipinski definition) is 5. The van der Waals surface area contributed by atoms with E-state index >= 15 is 8.78 Å². The number of halogens is 4. The molecule has 4 rings (SSSR count). The lowest BCUT2D eigenvalue weighted by atomic mass is 9.63. The molecule has 2 fully saturated rings. The largest absolute Gasteiger partial charge is 0.396 e. The molecule has 1 saturated carbocycles. The number of nitrogens with zero attached hydrogens (tertiary/aromatic N) is 1. The van der Waals surface area contributed by atoms with Crippen LogP contribution in [0.5, 0.6) is 0 Å². The molecule has 2 aromatic rings. The highest BCUT2D eigenvalue weighted by Gasteiger charge is 2.62. The van der Waals surface area contributed by atoms with Crippen LogP contribution in [0.15, 0.2) is 36.4 Å². The first kappa shape index (κ1) is 28.7. The Morgan fingerprint density at radius 2 is 1.97 bits per heavy atom. The third-order valence-corrected chi connectivity index (χ3v) is 8.36. The smallest absolute Gasteiger partial charge is 0.237 e. The number of carbonyl (C=O) groups is 1. The average Bonchev–Trinajstić information content (AvgIpc) is 3.60. The molecule has 38 heavy (non-hydrogen) atoms. The van der Waals surface area contributed by atoms with Crippen LogP contribution in [0.3, 0.4) is 0 Å². The van der Waals surface area contributed by atoms with Gasteiger partial charge in [0.2, 0.25) is 5.91 Å². The summed E-state index contributed by atoms with van der Waals surface area (Å²) in [4.78, 5) is 13.5. The van der Waals surface area contributed by atoms with Crippen molar-refractivity contribution in [1.29, 1.82) is 5.26 Å². The van der Waals surface area contributed by atoms with Crippen LogP contribution >= 0.6 is 23.2 Å². The highest BCUT2D eigenvalue weighted by atomic mass is 35.5. The summed E-state index contributed by atoms with van der Waals surface area (Å²) in [7, 11) is 0. The summed E-state index contributed by atoms with van der Waals surface area (Å²) in [6.07, 6.45) is 0.653. The predicted molar refractivity (Wildman–Crippen MR) is 138 cm³/mol. The van der Waals surface area contributed by atoms with Crippen molar-refractivity contribution >= 4 is 29.1 Å². The summed E-state index contributed by atoms with van der Waals surface area (Å²) in [5.41, 5.74) is -2.37. The summed E-state index contributed by atoms with van der Waals surface area (Å²) < 4.78 is 31.2. The van der Waals surface area contributed by atoms with Gasteiger partial charge in [0.1, 0.15) is 17.0 Å². The molecule has 0 aromatic heterocycles. The molecule has 0 bridgehead atoms. The Morgan fingerprint density at radius 1 is 1.24 bits per heavy atom. The molecule has 1 amide bonds. The predicted octanol–water partition coefficient (Wildman–Crippen LogP) is 3.18. The normalized spacial score (nSPS) is 26.5. The number of nitrogens with one attached hydrogen (secondary N) is 2. The number of carbonyl (C=O) groups excluding carboxylic acids is 1. The van der Waals surface area contributed by atoms with E-state index in [1.807, 2.05) is 0 Å². The van der Waals surface area contributed by atoms with Crippen molar-refractivity contribution in [1.82, 2.24) is 10.6 Å². The molecule has 2 aliphatic rings. The first-order valence-electron chi connectivity index (χ1n) is 12.4. The number of rotatable bonds is 10. The van der Waals surface area contributed by atoms with E-state index in [1.54, 1.807) is 0 Å². The lowest BCUT2D eigenvalue weighted by Gasteiger charge is -2.36. The van der Waals surface area contributed by atoms with E-state index in [-0.39, 0.29) is 47.2 Å². The lowest BCUT2D eigenvalue weighted by Crippen LogP contribution is -2.46. The van der Waals surface area contributed by atoms with E-state index in [4.69, 9.17) is 28.3 Å². The molecular weight excluding hydrogens is 539 g/mol.